The summed E-state index contributed by atoms with van der Waals surface area (Å²) in [5.74, 6) is 0.433. The van der Waals surface area contributed by atoms with E-state index in [-0.39, 0.29) is 0 Å². The number of phosphoric ester groups is 1. The Morgan fingerprint density at radius 1 is 1.25 bits per heavy atom. The lowest BCUT2D eigenvalue weighted by Crippen LogP contribution is -2.34. The molecule has 0 aromatic carbocycles. The summed E-state index contributed by atoms with van der Waals surface area (Å²) >= 11 is 0. The van der Waals surface area contributed by atoms with Crippen molar-refractivity contribution in [2.75, 3.05) is 12.3 Å². The van der Waals surface area contributed by atoms with E-state index in [2.05, 4.69) is 29.2 Å². The molecule has 0 aliphatic carbocycles. The molecule has 1 fully saturated rings. The van der Waals surface area contributed by atoms with Crippen molar-refractivity contribution in [3.8, 4) is 0 Å². The maximum atomic E-state index is 10.3. The molecule has 3 rings (SSSR count). The second kappa shape index (κ2) is 7.46. The van der Waals surface area contributed by atoms with Crippen molar-refractivity contribution >= 4 is 24.8 Å². The Labute approximate surface area is 134 Å². The zero-order valence-corrected chi connectivity index (χ0v) is 12.9. The molecule has 0 unspecified atom stereocenters. The second-order valence-corrected chi connectivity index (χ2v) is 5.93. The molecular formula is C10H16N5O8P. The Morgan fingerprint density at radius 3 is 2.50 bits per heavy atom. The molecule has 14 heteroatoms. The van der Waals surface area contributed by atoms with Gasteiger partial charge in [-0.25, -0.2) is 19.5 Å². The summed E-state index contributed by atoms with van der Waals surface area (Å²) in [6.07, 6.45) is -2.74. The maximum Gasteiger partial charge on any atom is 0.469 e. The fourth-order valence-corrected chi connectivity index (χ4v) is 2.16. The highest BCUT2D eigenvalue weighted by Crippen LogP contribution is 2.36. The highest BCUT2D eigenvalue weighted by atomic mass is 31.2. The van der Waals surface area contributed by atoms with Crippen molar-refractivity contribution in [3.63, 3.8) is 0 Å². The molecule has 8 N–H and O–H groups in total. The number of nitrogens with two attached hydrogens (primary N) is 1. The lowest BCUT2D eigenvalue weighted by atomic mass is 10.1. The summed E-state index contributed by atoms with van der Waals surface area (Å²) in [5, 5.41) is 27.0. The van der Waals surface area contributed by atoms with E-state index >= 15 is 0 Å². The van der Waals surface area contributed by atoms with Gasteiger partial charge in [0.15, 0.2) is 17.8 Å². The van der Waals surface area contributed by atoms with Gasteiger partial charge < -0.3 is 40.6 Å². The number of aliphatic hydroxyl groups is 3. The first-order valence-corrected chi connectivity index (χ1v) is 8.01. The van der Waals surface area contributed by atoms with Gasteiger partial charge >= 0.3 is 7.82 Å². The SMILES string of the molecule is Nc1ncnc2nc[nH]c12.O=P(O)(O)OC[C@H]1O[C@@H](O)[C@@H](O)[C@@H]1O. The molecular weight excluding hydrogens is 349 g/mol. The molecule has 1 saturated heterocycles. The number of hydrogen-bond acceptors (Lipinski definition) is 10. The standard InChI is InChI=1S/C5H5N5.C5H11O8P/c6-4-3-5(9-1-7-3)10-2-8-4;6-3-2(1-12-14(9,10)11)13-5(8)4(3)7/h1-2H,(H3,6,7,8,9,10);2-8H,1H2,(H2,9,10,11)/t;2-,3-,4+,5-/m.1/s1. The largest absolute Gasteiger partial charge is 0.469 e. The number of nitrogen functional groups attached to an aromatic ring is 1. The van der Waals surface area contributed by atoms with E-state index in [0.717, 1.165) is 0 Å². The summed E-state index contributed by atoms with van der Waals surface area (Å²) in [6.45, 7) is -0.612. The van der Waals surface area contributed by atoms with Crippen molar-refractivity contribution in [1.82, 2.24) is 19.9 Å². The molecule has 1 aliphatic heterocycles. The molecule has 134 valence electrons. The number of anilines is 1. The lowest BCUT2D eigenvalue weighted by molar-refractivity contribution is -0.132. The molecule has 24 heavy (non-hydrogen) atoms. The minimum absolute atomic E-state index is 0.433. The topological polar surface area (TPSA) is 217 Å². The summed E-state index contributed by atoms with van der Waals surface area (Å²) in [7, 11) is -4.64. The van der Waals surface area contributed by atoms with Crippen LogP contribution in [-0.4, -0.2) is 76.3 Å². The van der Waals surface area contributed by atoms with E-state index in [9.17, 15) is 4.57 Å². The fourth-order valence-electron chi connectivity index (χ4n) is 1.82. The number of aromatic nitrogens is 4. The third-order valence-electron chi connectivity index (χ3n) is 3.00. The van der Waals surface area contributed by atoms with Gasteiger partial charge in [-0.3, -0.25) is 4.52 Å². The Morgan fingerprint density at radius 2 is 1.96 bits per heavy atom. The molecule has 13 nitrogen and oxygen atoms in total. The highest BCUT2D eigenvalue weighted by molar-refractivity contribution is 7.46. The third kappa shape index (κ3) is 4.66. The predicted octanol–water partition coefficient (Wildman–Crippen LogP) is -2.53. The first kappa shape index (κ1) is 18.6. The molecule has 4 atom stereocenters. The first-order chi connectivity index (χ1) is 11.2. The molecule has 1 aliphatic rings. The van der Waals surface area contributed by atoms with Crippen LogP contribution in [0.5, 0.6) is 0 Å². The van der Waals surface area contributed by atoms with Crippen molar-refractivity contribution < 1.29 is 38.9 Å². The number of rotatable bonds is 3. The first-order valence-electron chi connectivity index (χ1n) is 6.48. The summed E-state index contributed by atoms with van der Waals surface area (Å²) in [5.41, 5.74) is 6.78. The van der Waals surface area contributed by atoms with Gasteiger partial charge in [-0.15, -0.1) is 0 Å². The van der Waals surface area contributed by atoms with Gasteiger partial charge in [-0.1, -0.05) is 0 Å². The van der Waals surface area contributed by atoms with Crippen LogP contribution in [0.4, 0.5) is 5.82 Å². The number of aliphatic hydroxyl groups excluding tert-OH is 3. The van der Waals surface area contributed by atoms with Gasteiger partial charge in [0.2, 0.25) is 0 Å². The number of H-pyrrole nitrogens is 1. The Balaban J connectivity index is 0.000000182. The fraction of sp³-hybridized carbons (Fsp3) is 0.500. The maximum absolute atomic E-state index is 10.3. The van der Waals surface area contributed by atoms with Crippen LogP contribution in [-0.2, 0) is 13.8 Å². The monoisotopic (exact) mass is 365 g/mol. The van der Waals surface area contributed by atoms with Gasteiger partial charge in [-0.2, -0.15) is 0 Å². The number of aromatic amines is 1. The van der Waals surface area contributed by atoms with E-state index in [1.807, 2.05) is 0 Å². The molecule has 0 radical (unpaired) electrons. The molecule has 3 heterocycles. The zero-order chi connectivity index (χ0) is 17.9. The minimum atomic E-state index is -4.64. The van der Waals surface area contributed by atoms with Crippen LogP contribution in [0.25, 0.3) is 11.2 Å². The van der Waals surface area contributed by atoms with Crippen LogP contribution in [0.1, 0.15) is 0 Å². The van der Waals surface area contributed by atoms with Crippen LogP contribution in [0.3, 0.4) is 0 Å². The van der Waals surface area contributed by atoms with Gasteiger partial charge in [0.1, 0.15) is 30.2 Å². The quantitative estimate of drug-likeness (QED) is 0.280. The van der Waals surface area contributed by atoms with Crippen molar-refractivity contribution in [1.29, 1.82) is 0 Å². The number of nitrogens with zero attached hydrogens (tertiary/aromatic N) is 3. The number of hydrogen-bond donors (Lipinski definition) is 7. The molecule has 0 bridgehead atoms. The van der Waals surface area contributed by atoms with Crippen molar-refractivity contribution in [3.05, 3.63) is 12.7 Å². The number of ether oxygens (including phenoxy) is 1. The summed E-state index contributed by atoms with van der Waals surface area (Å²) < 4.78 is 18.9. The number of imidazole rings is 1. The lowest BCUT2D eigenvalue weighted by Gasteiger charge is -2.14. The Hall–Kier alpha value is -1.70. The highest BCUT2D eigenvalue weighted by Gasteiger charge is 2.42. The zero-order valence-electron chi connectivity index (χ0n) is 12.0. The molecule has 0 saturated carbocycles. The minimum Gasteiger partial charge on any atom is -0.387 e. The molecule has 0 spiro atoms. The molecule has 2 aromatic rings. The molecule has 2 aromatic heterocycles. The second-order valence-electron chi connectivity index (χ2n) is 4.69. The van der Waals surface area contributed by atoms with E-state index < -0.39 is 39.0 Å². The van der Waals surface area contributed by atoms with E-state index in [1.165, 1.54) is 12.7 Å². The predicted molar refractivity (Wildman–Crippen MR) is 77.0 cm³/mol. The number of nitrogens with one attached hydrogen (secondary N) is 1. The van der Waals surface area contributed by atoms with Crippen molar-refractivity contribution in [2.24, 2.45) is 0 Å². The van der Waals surface area contributed by atoms with Crippen LogP contribution in [0.2, 0.25) is 0 Å². The van der Waals surface area contributed by atoms with E-state index in [0.29, 0.717) is 17.0 Å². The van der Waals surface area contributed by atoms with Crippen LogP contribution in [0.15, 0.2) is 12.7 Å². The molecule has 0 amide bonds. The van der Waals surface area contributed by atoms with Gasteiger partial charge in [0.25, 0.3) is 0 Å². The van der Waals surface area contributed by atoms with E-state index in [4.69, 9.17) is 30.8 Å². The Bertz CT molecular complexity index is 722. The third-order valence-corrected chi connectivity index (χ3v) is 3.48. The summed E-state index contributed by atoms with van der Waals surface area (Å²) in [4.78, 5) is 31.0. The smallest absolute Gasteiger partial charge is 0.387 e. The van der Waals surface area contributed by atoms with E-state index in [1.54, 1.807) is 0 Å². The van der Waals surface area contributed by atoms with Crippen LogP contribution >= 0.6 is 7.82 Å². The average Bonchev–Trinajstić information content (AvgIpc) is 3.07. The normalized spacial score (nSPS) is 27.0. The number of phosphoric acid groups is 1. The van der Waals surface area contributed by atoms with Gasteiger partial charge in [0.05, 0.1) is 12.9 Å². The number of fused-ring (bicyclic) bond motifs is 1. The average molecular weight is 365 g/mol. The van der Waals surface area contributed by atoms with Crippen LogP contribution < -0.4 is 5.73 Å². The van der Waals surface area contributed by atoms with Gasteiger partial charge in [-0.05, 0) is 0 Å². The van der Waals surface area contributed by atoms with Gasteiger partial charge in [0, 0.05) is 0 Å². The Kier molecular flexibility index (Phi) is 5.79. The van der Waals surface area contributed by atoms with Crippen molar-refractivity contribution in [2.45, 2.75) is 24.6 Å². The summed E-state index contributed by atoms with van der Waals surface area (Å²) in [6, 6.07) is 0. The van der Waals surface area contributed by atoms with Crippen LogP contribution in [0, 0.1) is 0 Å².